The average Bonchev–Trinajstić information content (AvgIpc) is 3.51. The summed E-state index contributed by atoms with van der Waals surface area (Å²) in [6, 6.07) is 23.6. The van der Waals surface area contributed by atoms with Crippen molar-refractivity contribution in [3.8, 4) is 11.1 Å². The van der Waals surface area contributed by atoms with E-state index in [1.54, 1.807) is 0 Å². The minimum absolute atomic E-state index is 0.291. The second-order valence-electron chi connectivity index (χ2n) is 9.70. The number of sulfonamides is 1. The first kappa shape index (κ1) is 24.9. The Bertz CT molecular complexity index is 1680. The maximum atomic E-state index is 12.7. The standard InChI is InChI=1S/C29H29N7O2S/c1-39(37,38)36(21-22-6-3-2-4-7-22)26-9-5-8-25(17-26)34-12-14-35(15-13-34)29-20-32-33-28-11-10-23(16-27(28)29)24-18-30-31-19-24/h2-11,16-20H,12-15,21H2,1H3,(H,30,31). The van der Waals surface area contributed by atoms with Crippen molar-refractivity contribution >= 4 is 38.0 Å². The molecule has 0 bridgehead atoms. The molecule has 3 heterocycles. The number of piperazine rings is 1. The number of hydrogen-bond acceptors (Lipinski definition) is 7. The number of nitrogens with one attached hydrogen (secondary N) is 1. The highest BCUT2D eigenvalue weighted by molar-refractivity contribution is 7.92. The van der Waals surface area contributed by atoms with Gasteiger partial charge in [0.05, 0.1) is 42.1 Å². The maximum Gasteiger partial charge on any atom is 0.232 e. The average molecular weight is 540 g/mol. The molecule has 5 aromatic rings. The Morgan fingerprint density at radius 2 is 1.67 bits per heavy atom. The summed E-state index contributed by atoms with van der Waals surface area (Å²) in [6.45, 7) is 3.50. The quantitative estimate of drug-likeness (QED) is 0.329. The minimum Gasteiger partial charge on any atom is -0.368 e. The maximum absolute atomic E-state index is 12.7. The Labute approximate surface area is 227 Å². The lowest BCUT2D eigenvalue weighted by Gasteiger charge is -2.38. The van der Waals surface area contributed by atoms with Gasteiger partial charge >= 0.3 is 0 Å². The van der Waals surface area contributed by atoms with Gasteiger partial charge in [0, 0.05) is 49.0 Å². The molecule has 2 aromatic heterocycles. The monoisotopic (exact) mass is 539 g/mol. The summed E-state index contributed by atoms with van der Waals surface area (Å²) in [5.41, 5.74) is 6.63. The molecule has 1 aliphatic rings. The lowest BCUT2D eigenvalue weighted by molar-refractivity contribution is 0.596. The fourth-order valence-electron chi connectivity index (χ4n) is 5.08. The predicted molar refractivity (Wildman–Crippen MR) is 155 cm³/mol. The number of fused-ring (bicyclic) bond motifs is 1. The van der Waals surface area contributed by atoms with Crippen LogP contribution in [0.1, 0.15) is 5.56 Å². The van der Waals surface area contributed by atoms with Crippen molar-refractivity contribution in [3.63, 3.8) is 0 Å². The molecule has 39 heavy (non-hydrogen) atoms. The topological polar surface area (TPSA) is 98.3 Å². The van der Waals surface area contributed by atoms with Crippen LogP contribution in [0.15, 0.2) is 91.4 Å². The molecule has 1 N–H and O–H groups in total. The summed E-state index contributed by atoms with van der Waals surface area (Å²) in [4.78, 5) is 4.64. The summed E-state index contributed by atoms with van der Waals surface area (Å²) >= 11 is 0. The first-order valence-electron chi connectivity index (χ1n) is 12.8. The van der Waals surface area contributed by atoms with Gasteiger partial charge in [0.2, 0.25) is 10.0 Å². The zero-order valence-corrected chi connectivity index (χ0v) is 22.4. The van der Waals surface area contributed by atoms with Gasteiger partial charge in [0.1, 0.15) is 0 Å². The Morgan fingerprint density at radius 1 is 0.872 bits per heavy atom. The summed E-state index contributed by atoms with van der Waals surface area (Å²) < 4.78 is 26.9. The molecule has 0 amide bonds. The van der Waals surface area contributed by atoms with Gasteiger partial charge in [-0.3, -0.25) is 9.40 Å². The van der Waals surface area contributed by atoms with Crippen molar-refractivity contribution in [1.82, 2.24) is 20.4 Å². The summed E-state index contributed by atoms with van der Waals surface area (Å²) in [7, 11) is -3.46. The summed E-state index contributed by atoms with van der Waals surface area (Å²) in [6.07, 6.45) is 6.79. The van der Waals surface area contributed by atoms with Gasteiger partial charge in [-0.15, -0.1) is 0 Å². The molecule has 10 heteroatoms. The van der Waals surface area contributed by atoms with Crippen LogP contribution in [0.4, 0.5) is 17.1 Å². The molecule has 3 aromatic carbocycles. The molecule has 0 unspecified atom stereocenters. The zero-order valence-electron chi connectivity index (χ0n) is 21.6. The van der Waals surface area contributed by atoms with Crippen LogP contribution >= 0.6 is 0 Å². The molecular formula is C29H29N7O2S. The number of anilines is 3. The smallest absolute Gasteiger partial charge is 0.232 e. The zero-order chi connectivity index (χ0) is 26.8. The number of hydrogen-bond donors (Lipinski definition) is 1. The van der Waals surface area contributed by atoms with E-state index in [9.17, 15) is 8.42 Å². The normalized spacial score (nSPS) is 14.1. The Hall–Kier alpha value is -4.44. The number of aromatic amines is 1. The Morgan fingerprint density at radius 3 is 2.41 bits per heavy atom. The highest BCUT2D eigenvalue weighted by Crippen LogP contribution is 2.31. The van der Waals surface area contributed by atoms with Crippen LogP contribution in [-0.4, -0.2) is 61.2 Å². The van der Waals surface area contributed by atoms with Crippen LogP contribution in [0.2, 0.25) is 0 Å². The SMILES string of the molecule is CS(=O)(=O)N(Cc1ccccc1)c1cccc(N2CCN(c3cnnc4ccc(-c5cn[nH]c5)cc34)CC2)c1. The molecule has 1 fully saturated rings. The van der Waals surface area contributed by atoms with E-state index in [4.69, 9.17) is 0 Å². The summed E-state index contributed by atoms with van der Waals surface area (Å²) in [5, 5.41) is 16.6. The largest absolute Gasteiger partial charge is 0.368 e. The second kappa shape index (κ2) is 10.4. The van der Waals surface area contributed by atoms with E-state index in [-0.39, 0.29) is 0 Å². The number of H-pyrrole nitrogens is 1. The third-order valence-electron chi connectivity index (χ3n) is 7.12. The number of aromatic nitrogens is 4. The highest BCUT2D eigenvalue weighted by atomic mass is 32.2. The molecule has 9 nitrogen and oxygen atoms in total. The third kappa shape index (κ3) is 5.28. The van der Waals surface area contributed by atoms with Crippen LogP contribution in [0.25, 0.3) is 22.0 Å². The van der Waals surface area contributed by atoms with Crippen LogP contribution in [-0.2, 0) is 16.6 Å². The van der Waals surface area contributed by atoms with Gasteiger partial charge in [-0.2, -0.15) is 15.3 Å². The van der Waals surface area contributed by atoms with Crippen LogP contribution in [0.3, 0.4) is 0 Å². The van der Waals surface area contributed by atoms with E-state index in [0.29, 0.717) is 12.2 Å². The lowest BCUT2D eigenvalue weighted by Crippen LogP contribution is -2.46. The first-order chi connectivity index (χ1) is 19.0. The molecule has 0 atom stereocenters. The van der Waals surface area contributed by atoms with Crippen molar-refractivity contribution < 1.29 is 8.42 Å². The molecule has 198 valence electrons. The van der Waals surface area contributed by atoms with E-state index < -0.39 is 10.0 Å². The molecule has 1 saturated heterocycles. The van der Waals surface area contributed by atoms with Crippen molar-refractivity contribution in [3.05, 3.63) is 97.0 Å². The van der Waals surface area contributed by atoms with E-state index in [1.807, 2.05) is 85.3 Å². The van der Waals surface area contributed by atoms with E-state index in [1.165, 1.54) is 10.6 Å². The van der Waals surface area contributed by atoms with Crippen molar-refractivity contribution in [2.75, 3.05) is 46.5 Å². The van der Waals surface area contributed by atoms with Crippen LogP contribution in [0, 0.1) is 0 Å². The molecule has 0 aliphatic carbocycles. The van der Waals surface area contributed by atoms with Crippen LogP contribution in [0.5, 0.6) is 0 Å². The number of nitrogens with zero attached hydrogens (tertiary/aromatic N) is 6. The minimum atomic E-state index is -3.46. The highest BCUT2D eigenvalue weighted by Gasteiger charge is 2.22. The molecular weight excluding hydrogens is 510 g/mol. The Kier molecular flexibility index (Phi) is 6.62. The summed E-state index contributed by atoms with van der Waals surface area (Å²) in [5.74, 6) is 0. The van der Waals surface area contributed by atoms with E-state index in [0.717, 1.165) is 65.1 Å². The van der Waals surface area contributed by atoms with E-state index >= 15 is 0 Å². The van der Waals surface area contributed by atoms with Gasteiger partial charge in [0.25, 0.3) is 0 Å². The van der Waals surface area contributed by atoms with Gasteiger partial charge in [-0.1, -0.05) is 42.5 Å². The Balaban J connectivity index is 1.22. The van der Waals surface area contributed by atoms with E-state index in [2.05, 4.69) is 36.3 Å². The van der Waals surface area contributed by atoms with Gasteiger partial charge in [0.15, 0.2) is 0 Å². The fourth-order valence-corrected chi connectivity index (χ4v) is 5.96. The third-order valence-corrected chi connectivity index (χ3v) is 8.26. The van der Waals surface area contributed by atoms with Crippen molar-refractivity contribution in [2.45, 2.75) is 6.54 Å². The van der Waals surface area contributed by atoms with Crippen molar-refractivity contribution in [1.29, 1.82) is 0 Å². The molecule has 0 radical (unpaired) electrons. The molecule has 6 rings (SSSR count). The fraction of sp³-hybridized carbons (Fsp3) is 0.207. The van der Waals surface area contributed by atoms with Gasteiger partial charge in [-0.25, -0.2) is 8.42 Å². The molecule has 0 spiro atoms. The molecule has 0 saturated carbocycles. The first-order valence-corrected chi connectivity index (χ1v) is 14.7. The van der Waals surface area contributed by atoms with Crippen molar-refractivity contribution in [2.24, 2.45) is 0 Å². The lowest BCUT2D eigenvalue weighted by atomic mass is 10.1. The van der Waals surface area contributed by atoms with Gasteiger partial charge in [-0.05, 0) is 41.5 Å². The number of benzene rings is 3. The van der Waals surface area contributed by atoms with Gasteiger partial charge < -0.3 is 9.80 Å². The second-order valence-corrected chi connectivity index (χ2v) is 11.6. The predicted octanol–water partition coefficient (Wildman–Crippen LogP) is 4.31. The molecule has 1 aliphatic heterocycles. The van der Waals surface area contributed by atoms with Crippen LogP contribution < -0.4 is 14.1 Å². The number of rotatable bonds is 7.